The van der Waals surface area contributed by atoms with Crippen molar-refractivity contribution in [3.8, 4) is 11.5 Å². The van der Waals surface area contributed by atoms with Gasteiger partial charge in [0.15, 0.2) is 18.1 Å². The van der Waals surface area contributed by atoms with E-state index < -0.39 is 0 Å². The lowest BCUT2D eigenvalue weighted by Crippen LogP contribution is -2.44. The van der Waals surface area contributed by atoms with E-state index in [9.17, 15) is 9.59 Å². The molecule has 3 rings (SSSR count). The summed E-state index contributed by atoms with van der Waals surface area (Å²) < 4.78 is 11.0. The Labute approximate surface area is 152 Å². The summed E-state index contributed by atoms with van der Waals surface area (Å²) in [5.41, 5.74) is 2.31. The molecule has 1 aliphatic heterocycles. The van der Waals surface area contributed by atoms with E-state index in [1.54, 1.807) is 37.5 Å². The molecule has 0 fully saturated rings. The number of carbonyl (C=O) groups excluding carboxylic acids is 2. The number of nitrogens with one attached hydrogen (secondary N) is 1. The zero-order valence-electron chi connectivity index (χ0n) is 14.5. The number of anilines is 2. The highest BCUT2D eigenvalue weighted by molar-refractivity contribution is 6.10. The van der Waals surface area contributed by atoms with Gasteiger partial charge < -0.3 is 14.8 Å². The first kappa shape index (κ1) is 17.5. The molecule has 26 heavy (non-hydrogen) atoms. The molecule has 0 saturated carbocycles. The molecule has 6 nitrogen and oxygen atoms in total. The molecule has 1 heterocycles. The third-order valence-electron chi connectivity index (χ3n) is 4.03. The first-order chi connectivity index (χ1) is 12.6. The van der Waals surface area contributed by atoms with Gasteiger partial charge >= 0.3 is 0 Å². The summed E-state index contributed by atoms with van der Waals surface area (Å²) in [6.45, 7) is 3.49. The molecule has 0 radical (unpaired) electrons. The van der Waals surface area contributed by atoms with Crippen LogP contribution in [0, 0.1) is 0 Å². The van der Waals surface area contributed by atoms with Gasteiger partial charge in [0, 0.05) is 0 Å². The summed E-state index contributed by atoms with van der Waals surface area (Å²) in [5, 5.41) is 2.75. The van der Waals surface area contributed by atoms with Gasteiger partial charge in [-0.1, -0.05) is 24.3 Å². The third kappa shape index (κ3) is 3.69. The van der Waals surface area contributed by atoms with Crippen molar-refractivity contribution in [2.24, 2.45) is 0 Å². The topological polar surface area (TPSA) is 67.9 Å². The Hall–Kier alpha value is -3.28. The van der Waals surface area contributed by atoms with Gasteiger partial charge in [0.25, 0.3) is 5.91 Å². The minimum atomic E-state index is -0.301. The fourth-order valence-corrected chi connectivity index (χ4v) is 2.80. The van der Waals surface area contributed by atoms with Crippen LogP contribution in [0.5, 0.6) is 11.5 Å². The van der Waals surface area contributed by atoms with Gasteiger partial charge in [-0.25, -0.2) is 0 Å². The normalized spacial score (nSPS) is 12.8. The van der Waals surface area contributed by atoms with E-state index in [1.807, 2.05) is 18.2 Å². The van der Waals surface area contributed by atoms with Gasteiger partial charge in [-0.3, -0.25) is 14.5 Å². The number of para-hydroxylation sites is 2. The van der Waals surface area contributed by atoms with Crippen LogP contribution in [0.15, 0.2) is 55.1 Å². The van der Waals surface area contributed by atoms with E-state index in [0.29, 0.717) is 22.9 Å². The van der Waals surface area contributed by atoms with Crippen molar-refractivity contribution in [2.75, 3.05) is 30.5 Å². The Bertz CT molecular complexity index is 847. The quantitative estimate of drug-likeness (QED) is 0.812. The maximum atomic E-state index is 12.6. The molecule has 2 aromatic rings. The predicted molar refractivity (Wildman–Crippen MR) is 99.8 cm³/mol. The van der Waals surface area contributed by atoms with Gasteiger partial charge in [0.1, 0.15) is 6.54 Å². The molecule has 0 unspecified atom stereocenters. The second-order valence-electron chi connectivity index (χ2n) is 5.81. The first-order valence-corrected chi connectivity index (χ1v) is 8.22. The summed E-state index contributed by atoms with van der Waals surface area (Å²) >= 11 is 0. The third-order valence-corrected chi connectivity index (χ3v) is 4.03. The zero-order valence-corrected chi connectivity index (χ0v) is 14.5. The van der Waals surface area contributed by atoms with Crippen LogP contribution in [0.25, 0.3) is 0 Å². The van der Waals surface area contributed by atoms with Crippen molar-refractivity contribution in [3.63, 3.8) is 0 Å². The number of amides is 2. The van der Waals surface area contributed by atoms with Gasteiger partial charge in [-0.05, 0) is 36.2 Å². The average Bonchev–Trinajstić information content (AvgIpc) is 2.66. The molecule has 1 aliphatic rings. The van der Waals surface area contributed by atoms with Crippen molar-refractivity contribution >= 4 is 23.2 Å². The summed E-state index contributed by atoms with van der Waals surface area (Å²) in [7, 11) is 1.55. The van der Waals surface area contributed by atoms with E-state index in [0.717, 1.165) is 12.0 Å². The molecule has 0 aliphatic carbocycles. The molecule has 0 spiro atoms. The monoisotopic (exact) mass is 352 g/mol. The number of benzene rings is 2. The van der Waals surface area contributed by atoms with Crippen LogP contribution >= 0.6 is 0 Å². The summed E-state index contributed by atoms with van der Waals surface area (Å²) in [6, 6.07) is 12.7. The predicted octanol–water partition coefficient (Wildman–Crippen LogP) is 2.79. The fraction of sp³-hybridized carbons (Fsp3) is 0.200. The summed E-state index contributed by atoms with van der Waals surface area (Å²) in [6.07, 6.45) is 2.52. The lowest BCUT2D eigenvalue weighted by Gasteiger charge is -2.29. The van der Waals surface area contributed by atoms with Crippen LogP contribution in [0.2, 0.25) is 0 Å². The van der Waals surface area contributed by atoms with Crippen molar-refractivity contribution in [2.45, 2.75) is 6.42 Å². The number of nitrogens with zero attached hydrogens (tertiary/aromatic N) is 1. The number of ether oxygens (including phenoxy) is 2. The lowest BCUT2D eigenvalue weighted by atomic mass is 10.1. The highest BCUT2D eigenvalue weighted by Crippen LogP contribution is 2.30. The number of rotatable bonds is 6. The molecule has 0 atom stereocenters. The molecule has 1 N–H and O–H groups in total. The van der Waals surface area contributed by atoms with E-state index >= 15 is 0 Å². The molecule has 2 amide bonds. The van der Waals surface area contributed by atoms with Gasteiger partial charge in [-0.15, -0.1) is 6.58 Å². The Morgan fingerprint density at radius 3 is 2.85 bits per heavy atom. The Kier molecular flexibility index (Phi) is 5.22. The largest absolute Gasteiger partial charge is 0.493 e. The molecular formula is C20H20N2O4. The standard InChI is InChI=1S/C20H20N2O4/c1-3-6-14-9-10-17(18(11-14)25-2)26-13-20(24)22-12-19(23)21-15-7-4-5-8-16(15)22/h3-5,7-11H,1,6,12-13H2,2H3,(H,21,23). The zero-order chi connectivity index (χ0) is 18.5. The summed E-state index contributed by atoms with van der Waals surface area (Å²) in [4.78, 5) is 25.9. The highest BCUT2D eigenvalue weighted by atomic mass is 16.5. The van der Waals surface area contributed by atoms with Crippen LogP contribution in [0.1, 0.15) is 5.56 Å². The Morgan fingerprint density at radius 2 is 2.08 bits per heavy atom. The van der Waals surface area contributed by atoms with E-state index in [4.69, 9.17) is 9.47 Å². The highest BCUT2D eigenvalue weighted by Gasteiger charge is 2.27. The molecule has 0 saturated heterocycles. The smallest absolute Gasteiger partial charge is 0.265 e. The number of hydrogen-bond acceptors (Lipinski definition) is 4. The van der Waals surface area contributed by atoms with E-state index in [-0.39, 0.29) is 25.0 Å². The second kappa shape index (κ2) is 7.74. The minimum absolute atomic E-state index is 0.0331. The van der Waals surface area contributed by atoms with Crippen LogP contribution in [0.3, 0.4) is 0 Å². The van der Waals surface area contributed by atoms with E-state index in [2.05, 4.69) is 11.9 Å². The number of allylic oxidation sites excluding steroid dienone is 1. The maximum Gasteiger partial charge on any atom is 0.265 e. The van der Waals surface area contributed by atoms with Crippen molar-refractivity contribution in [1.82, 2.24) is 0 Å². The van der Waals surface area contributed by atoms with Crippen molar-refractivity contribution < 1.29 is 19.1 Å². The van der Waals surface area contributed by atoms with Gasteiger partial charge in [-0.2, -0.15) is 0 Å². The molecule has 0 aromatic heterocycles. The van der Waals surface area contributed by atoms with Crippen molar-refractivity contribution in [1.29, 1.82) is 0 Å². The fourth-order valence-electron chi connectivity index (χ4n) is 2.80. The number of methoxy groups -OCH3 is 1. The van der Waals surface area contributed by atoms with Gasteiger partial charge in [0.2, 0.25) is 5.91 Å². The maximum absolute atomic E-state index is 12.6. The molecule has 0 bridgehead atoms. The van der Waals surface area contributed by atoms with Gasteiger partial charge in [0.05, 0.1) is 18.5 Å². The van der Waals surface area contributed by atoms with Crippen molar-refractivity contribution in [3.05, 3.63) is 60.7 Å². The number of carbonyl (C=O) groups is 2. The SMILES string of the molecule is C=CCc1ccc(OCC(=O)N2CC(=O)Nc3ccccc32)c(OC)c1. The molecular weight excluding hydrogens is 332 g/mol. The minimum Gasteiger partial charge on any atom is -0.493 e. The second-order valence-corrected chi connectivity index (χ2v) is 5.81. The van der Waals surface area contributed by atoms with E-state index in [1.165, 1.54) is 4.90 Å². The first-order valence-electron chi connectivity index (χ1n) is 8.22. The Balaban J connectivity index is 1.73. The molecule has 6 heteroatoms. The lowest BCUT2D eigenvalue weighted by molar-refractivity contribution is -0.123. The van der Waals surface area contributed by atoms with Crippen LogP contribution < -0.4 is 19.7 Å². The van der Waals surface area contributed by atoms with Crippen LogP contribution in [0.4, 0.5) is 11.4 Å². The number of fused-ring (bicyclic) bond motifs is 1. The number of hydrogen-bond donors (Lipinski definition) is 1. The van der Waals surface area contributed by atoms with Crippen LogP contribution in [-0.2, 0) is 16.0 Å². The summed E-state index contributed by atoms with van der Waals surface area (Å²) in [5.74, 6) is 0.491. The van der Waals surface area contributed by atoms with Crippen LogP contribution in [-0.4, -0.2) is 32.1 Å². The Morgan fingerprint density at radius 1 is 1.27 bits per heavy atom. The average molecular weight is 352 g/mol. The molecule has 134 valence electrons. The molecule has 2 aromatic carbocycles.